The normalized spacial score (nSPS) is 20.9. The molecule has 1 aliphatic heterocycles. The first kappa shape index (κ1) is 19.3. The quantitative estimate of drug-likeness (QED) is 0.513. The van der Waals surface area contributed by atoms with Gasteiger partial charge in [-0.2, -0.15) is 0 Å². The van der Waals surface area contributed by atoms with E-state index in [9.17, 15) is 0 Å². The van der Waals surface area contributed by atoms with E-state index in [1.807, 2.05) is 0 Å². The number of hydrogen-bond donors (Lipinski definition) is 0. The zero-order valence-corrected chi connectivity index (χ0v) is 19.1. The van der Waals surface area contributed by atoms with Crippen molar-refractivity contribution in [2.45, 2.75) is 44.9 Å². The van der Waals surface area contributed by atoms with Gasteiger partial charge in [0.05, 0.1) is 5.70 Å². The van der Waals surface area contributed by atoms with E-state index >= 15 is 0 Å². The molecular formula is C32H29N. The van der Waals surface area contributed by atoms with E-state index in [-0.39, 0.29) is 0 Å². The SMILES string of the molecule is C1=NC(C2=c3ccc4c(c3CC(C3CCC3)C2)CC=c2ccccc2=4)=Cc2ccccc2C1. The fourth-order valence-corrected chi connectivity index (χ4v) is 6.47. The van der Waals surface area contributed by atoms with E-state index in [1.54, 1.807) is 11.1 Å². The molecule has 0 spiro atoms. The Morgan fingerprint density at radius 2 is 1.55 bits per heavy atom. The molecule has 162 valence electrons. The van der Waals surface area contributed by atoms with Gasteiger partial charge in [-0.05, 0) is 85.9 Å². The lowest BCUT2D eigenvalue weighted by Gasteiger charge is -2.37. The summed E-state index contributed by atoms with van der Waals surface area (Å²) in [5.41, 5.74) is 8.52. The third-order valence-corrected chi connectivity index (χ3v) is 8.48. The third kappa shape index (κ3) is 3.17. The summed E-state index contributed by atoms with van der Waals surface area (Å²) in [4.78, 5) is 5.04. The number of fused-ring (bicyclic) bond motifs is 5. The van der Waals surface area contributed by atoms with Crippen LogP contribution in [0.15, 0.2) is 71.4 Å². The molecule has 0 bridgehead atoms. The van der Waals surface area contributed by atoms with Gasteiger partial charge in [-0.1, -0.05) is 86.0 Å². The van der Waals surface area contributed by atoms with Crippen LogP contribution >= 0.6 is 0 Å². The number of aliphatic imine (C=N–C) groups is 1. The second-order valence-electron chi connectivity index (χ2n) is 10.2. The Labute approximate surface area is 195 Å². The van der Waals surface area contributed by atoms with Gasteiger partial charge >= 0.3 is 0 Å². The first-order chi connectivity index (χ1) is 16.3. The number of nitrogens with zero attached hydrogens (tertiary/aromatic N) is 1. The van der Waals surface area contributed by atoms with Gasteiger partial charge < -0.3 is 0 Å². The molecule has 0 amide bonds. The highest BCUT2D eigenvalue weighted by Crippen LogP contribution is 2.42. The molecular weight excluding hydrogens is 398 g/mol. The van der Waals surface area contributed by atoms with Crippen LogP contribution in [-0.4, -0.2) is 6.21 Å². The monoisotopic (exact) mass is 427 g/mol. The van der Waals surface area contributed by atoms with Gasteiger partial charge in [-0.25, -0.2) is 0 Å². The average molecular weight is 428 g/mol. The molecule has 0 aromatic heterocycles. The molecule has 1 fully saturated rings. The van der Waals surface area contributed by atoms with Crippen molar-refractivity contribution in [1.29, 1.82) is 0 Å². The molecule has 7 rings (SSSR count). The first-order valence-electron chi connectivity index (χ1n) is 12.6. The molecule has 1 heteroatoms. The second kappa shape index (κ2) is 7.70. The standard InChI is InChI=1S/C32H29N/c1-2-8-24-20-32(33-17-16-22(24)6-1)31-19-25(21-9-5-10-21)18-30-28-13-12-23-7-3-4-11-26(23)27(28)14-15-29(30)31/h1-4,6-8,11-12,14-15,17,20-21,25H,5,9-10,13,16,18-19H2. The summed E-state index contributed by atoms with van der Waals surface area (Å²) >= 11 is 0. The Morgan fingerprint density at radius 3 is 2.45 bits per heavy atom. The van der Waals surface area contributed by atoms with Crippen molar-refractivity contribution in [2.24, 2.45) is 16.8 Å². The van der Waals surface area contributed by atoms with Gasteiger partial charge in [0.25, 0.3) is 0 Å². The lowest BCUT2D eigenvalue weighted by atomic mass is 9.68. The summed E-state index contributed by atoms with van der Waals surface area (Å²) in [5, 5.41) is 5.69. The largest absolute Gasteiger partial charge is 0.261 e. The van der Waals surface area contributed by atoms with Crippen LogP contribution in [0.5, 0.6) is 0 Å². The van der Waals surface area contributed by atoms with Gasteiger partial charge in [0.2, 0.25) is 0 Å². The topological polar surface area (TPSA) is 12.4 Å². The minimum Gasteiger partial charge on any atom is -0.261 e. The highest BCUT2D eigenvalue weighted by atomic mass is 14.7. The minimum atomic E-state index is 0.750. The number of allylic oxidation sites excluding steroid dienone is 1. The van der Waals surface area contributed by atoms with Crippen molar-refractivity contribution < 1.29 is 0 Å². The van der Waals surface area contributed by atoms with E-state index in [0.29, 0.717) is 0 Å². The van der Waals surface area contributed by atoms with Crippen LogP contribution in [0.1, 0.15) is 47.9 Å². The van der Waals surface area contributed by atoms with E-state index < -0.39 is 0 Å². The highest BCUT2D eigenvalue weighted by molar-refractivity contribution is 5.82. The zero-order valence-electron chi connectivity index (χ0n) is 19.1. The van der Waals surface area contributed by atoms with Crippen LogP contribution < -0.4 is 10.4 Å². The van der Waals surface area contributed by atoms with E-state index in [1.165, 1.54) is 75.4 Å². The van der Waals surface area contributed by atoms with Crippen LogP contribution in [0, 0.1) is 22.3 Å². The molecule has 4 aliphatic rings. The summed E-state index contributed by atoms with van der Waals surface area (Å²) in [6.07, 6.45) is 15.5. The smallest absolute Gasteiger partial charge is 0.0670 e. The number of rotatable bonds is 2. The van der Waals surface area contributed by atoms with Crippen LogP contribution in [0.3, 0.4) is 0 Å². The summed E-state index contributed by atoms with van der Waals surface area (Å²) in [6.45, 7) is 0. The van der Waals surface area contributed by atoms with Crippen LogP contribution in [0.2, 0.25) is 0 Å². The zero-order chi connectivity index (χ0) is 21.8. The Morgan fingerprint density at radius 1 is 0.697 bits per heavy atom. The predicted molar refractivity (Wildman–Crippen MR) is 137 cm³/mol. The van der Waals surface area contributed by atoms with Gasteiger partial charge in [0.15, 0.2) is 0 Å². The van der Waals surface area contributed by atoms with Gasteiger partial charge in [0.1, 0.15) is 0 Å². The van der Waals surface area contributed by atoms with E-state index in [0.717, 1.165) is 24.7 Å². The van der Waals surface area contributed by atoms with Crippen molar-refractivity contribution in [3.8, 4) is 0 Å². The van der Waals surface area contributed by atoms with Crippen LogP contribution in [0.4, 0.5) is 0 Å². The lowest BCUT2D eigenvalue weighted by molar-refractivity contribution is 0.205. The Hall–Kier alpha value is -3.19. The molecule has 1 nitrogen and oxygen atoms in total. The molecule has 0 saturated heterocycles. The van der Waals surface area contributed by atoms with Crippen molar-refractivity contribution in [2.75, 3.05) is 0 Å². The van der Waals surface area contributed by atoms with Crippen molar-refractivity contribution in [3.63, 3.8) is 0 Å². The minimum absolute atomic E-state index is 0.750. The van der Waals surface area contributed by atoms with Gasteiger partial charge in [-0.15, -0.1) is 0 Å². The molecule has 3 aliphatic carbocycles. The molecule has 1 unspecified atom stereocenters. The number of hydrogen-bond acceptors (Lipinski definition) is 1. The maximum Gasteiger partial charge on any atom is 0.0670 e. The molecule has 1 atom stereocenters. The van der Waals surface area contributed by atoms with Crippen LogP contribution in [-0.2, 0) is 19.3 Å². The maximum atomic E-state index is 5.04. The lowest BCUT2D eigenvalue weighted by Crippen LogP contribution is -2.33. The first-order valence-corrected chi connectivity index (χ1v) is 12.6. The van der Waals surface area contributed by atoms with Gasteiger partial charge in [-0.3, -0.25) is 4.99 Å². The summed E-state index contributed by atoms with van der Waals surface area (Å²) in [6, 6.07) is 22.5. The Kier molecular flexibility index (Phi) is 4.50. The third-order valence-electron chi connectivity index (χ3n) is 8.48. The molecule has 0 radical (unpaired) electrons. The average Bonchev–Trinajstić information content (AvgIpc) is 3.04. The molecule has 3 aromatic carbocycles. The predicted octanol–water partition coefficient (Wildman–Crippen LogP) is 5.49. The Balaban J connectivity index is 1.50. The highest BCUT2D eigenvalue weighted by Gasteiger charge is 2.32. The number of benzene rings is 3. The fourth-order valence-electron chi connectivity index (χ4n) is 6.47. The van der Waals surface area contributed by atoms with E-state index in [4.69, 9.17) is 4.99 Å². The maximum absolute atomic E-state index is 5.04. The van der Waals surface area contributed by atoms with Crippen molar-refractivity contribution in [1.82, 2.24) is 0 Å². The molecule has 33 heavy (non-hydrogen) atoms. The molecule has 1 saturated carbocycles. The fraction of sp³-hybridized carbons (Fsp3) is 0.281. The van der Waals surface area contributed by atoms with Crippen molar-refractivity contribution >= 4 is 23.9 Å². The summed E-state index contributed by atoms with van der Waals surface area (Å²) in [5.74, 6) is 1.63. The summed E-state index contributed by atoms with van der Waals surface area (Å²) < 4.78 is 0. The second-order valence-corrected chi connectivity index (χ2v) is 10.2. The molecule has 3 aromatic rings. The van der Waals surface area contributed by atoms with Crippen LogP contribution in [0.25, 0.3) is 17.7 Å². The molecule has 1 heterocycles. The van der Waals surface area contributed by atoms with Crippen molar-refractivity contribution in [3.05, 3.63) is 109 Å². The summed E-state index contributed by atoms with van der Waals surface area (Å²) in [7, 11) is 0. The Bertz CT molecular complexity index is 1550. The molecule has 0 N–H and O–H groups in total. The van der Waals surface area contributed by atoms with E-state index in [2.05, 4.69) is 79.0 Å². The van der Waals surface area contributed by atoms with Gasteiger partial charge in [0, 0.05) is 12.6 Å².